The van der Waals surface area contributed by atoms with Crippen molar-refractivity contribution in [3.8, 4) is 0 Å². The maximum Gasteiger partial charge on any atom is 0.248 e. The van der Waals surface area contributed by atoms with Crippen molar-refractivity contribution >= 4 is 5.91 Å². The zero-order valence-corrected chi connectivity index (χ0v) is 11.4. The summed E-state index contributed by atoms with van der Waals surface area (Å²) < 4.78 is 13.6. The van der Waals surface area contributed by atoms with Gasteiger partial charge in [0.25, 0.3) is 0 Å². The summed E-state index contributed by atoms with van der Waals surface area (Å²) in [6.07, 6.45) is 3.53. The Morgan fingerprint density at radius 2 is 2.05 bits per heavy atom. The third-order valence-electron chi connectivity index (χ3n) is 3.89. The molecule has 1 aliphatic rings. The van der Waals surface area contributed by atoms with Crippen LogP contribution in [-0.2, 0) is 6.54 Å². The van der Waals surface area contributed by atoms with Crippen LogP contribution in [0.15, 0.2) is 18.2 Å². The van der Waals surface area contributed by atoms with Crippen molar-refractivity contribution in [3.63, 3.8) is 0 Å². The number of benzene rings is 1. The molecule has 0 radical (unpaired) electrons. The zero-order valence-electron chi connectivity index (χ0n) is 11.4. The molecule has 20 heavy (non-hydrogen) atoms. The van der Waals surface area contributed by atoms with E-state index in [1.54, 1.807) is 0 Å². The van der Waals surface area contributed by atoms with E-state index in [1.807, 2.05) is 0 Å². The summed E-state index contributed by atoms with van der Waals surface area (Å²) in [5.74, 6) is -0.352. The van der Waals surface area contributed by atoms with E-state index >= 15 is 0 Å². The number of primary amides is 1. The minimum absolute atomic E-state index is 0.157. The number of hydrogen-bond acceptors (Lipinski definition) is 3. The van der Waals surface area contributed by atoms with Gasteiger partial charge in [-0.25, -0.2) is 4.39 Å². The fraction of sp³-hybridized carbons (Fsp3) is 0.533. The standard InChI is InChI=1S/C15H21FN2O2/c16-14-6-3-11(15(17)20)7-12(14)9-18-8-10-1-4-13(19)5-2-10/h3,6-7,10,13,18-19H,1-2,4-5,8-9H2,(H2,17,20). The van der Waals surface area contributed by atoms with Crippen molar-refractivity contribution < 1.29 is 14.3 Å². The van der Waals surface area contributed by atoms with Gasteiger partial charge in [0.05, 0.1) is 6.10 Å². The molecular weight excluding hydrogens is 259 g/mol. The van der Waals surface area contributed by atoms with E-state index in [9.17, 15) is 14.3 Å². The highest BCUT2D eigenvalue weighted by Crippen LogP contribution is 2.23. The molecule has 0 bridgehead atoms. The highest BCUT2D eigenvalue weighted by Gasteiger charge is 2.18. The highest BCUT2D eigenvalue weighted by molar-refractivity contribution is 5.92. The van der Waals surface area contributed by atoms with Crippen molar-refractivity contribution in [3.05, 3.63) is 35.1 Å². The van der Waals surface area contributed by atoms with Crippen LogP contribution in [0.3, 0.4) is 0 Å². The molecule has 0 aliphatic heterocycles. The van der Waals surface area contributed by atoms with E-state index < -0.39 is 5.91 Å². The van der Waals surface area contributed by atoms with Gasteiger partial charge < -0.3 is 16.2 Å². The lowest BCUT2D eigenvalue weighted by Crippen LogP contribution is -2.28. The largest absolute Gasteiger partial charge is 0.393 e. The maximum atomic E-state index is 13.6. The van der Waals surface area contributed by atoms with E-state index in [0.717, 1.165) is 32.2 Å². The van der Waals surface area contributed by atoms with Crippen LogP contribution in [-0.4, -0.2) is 23.7 Å². The minimum atomic E-state index is -0.549. The summed E-state index contributed by atoms with van der Waals surface area (Å²) in [6, 6.07) is 4.16. The van der Waals surface area contributed by atoms with Crippen LogP contribution in [0.1, 0.15) is 41.6 Å². The molecule has 0 saturated heterocycles. The predicted molar refractivity (Wildman–Crippen MR) is 74.6 cm³/mol. The van der Waals surface area contributed by atoms with Gasteiger partial charge in [-0.15, -0.1) is 0 Å². The summed E-state index contributed by atoms with van der Waals surface area (Å²) in [4.78, 5) is 11.1. The fourth-order valence-electron chi connectivity index (χ4n) is 2.62. The first-order valence-corrected chi connectivity index (χ1v) is 7.03. The van der Waals surface area contributed by atoms with Gasteiger partial charge in [-0.05, 0) is 56.3 Å². The summed E-state index contributed by atoms with van der Waals surface area (Å²) in [5, 5.41) is 12.7. The van der Waals surface area contributed by atoms with Crippen LogP contribution in [0.25, 0.3) is 0 Å². The molecule has 1 aliphatic carbocycles. The normalized spacial score (nSPS) is 22.7. The van der Waals surface area contributed by atoms with Gasteiger partial charge in [0.2, 0.25) is 5.91 Å². The predicted octanol–water partition coefficient (Wildman–Crippen LogP) is 1.57. The molecule has 0 unspecified atom stereocenters. The number of rotatable bonds is 5. The molecule has 1 saturated carbocycles. The SMILES string of the molecule is NC(=O)c1ccc(F)c(CNCC2CCC(O)CC2)c1. The molecule has 1 aromatic carbocycles. The maximum absolute atomic E-state index is 13.6. The lowest BCUT2D eigenvalue weighted by molar-refractivity contribution is 0.1000. The number of aliphatic hydroxyl groups is 1. The number of halogens is 1. The number of nitrogens with two attached hydrogens (primary N) is 1. The van der Waals surface area contributed by atoms with Crippen LogP contribution in [0.2, 0.25) is 0 Å². The van der Waals surface area contributed by atoms with Crippen molar-refractivity contribution in [2.75, 3.05) is 6.54 Å². The van der Waals surface area contributed by atoms with Crippen LogP contribution < -0.4 is 11.1 Å². The van der Waals surface area contributed by atoms with Gasteiger partial charge in [-0.3, -0.25) is 4.79 Å². The first kappa shape index (κ1) is 14.9. The second-order valence-corrected chi connectivity index (χ2v) is 5.48. The zero-order chi connectivity index (χ0) is 14.5. The minimum Gasteiger partial charge on any atom is -0.393 e. The van der Waals surface area contributed by atoms with Gasteiger partial charge in [-0.1, -0.05) is 0 Å². The van der Waals surface area contributed by atoms with Crippen molar-refractivity contribution in [2.45, 2.75) is 38.3 Å². The topological polar surface area (TPSA) is 75.4 Å². The summed E-state index contributed by atoms with van der Waals surface area (Å²) >= 11 is 0. The number of amides is 1. The molecule has 110 valence electrons. The molecule has 0 spiro atoms. The van der Waals surface area contributed by atoms with Gasteiger partial charge in [-0.2, -0.15) is 0 Å². The molecule has 1 aromatic rings. The van der Waals surface area contributed by atoms with E-state index in [1.165, 1.54) is 18.2 Å². The quantitative estimate of drug-likeness (QED) is 0.766. The Kier molecular flexibility index (Phi) is 5.09. The van der Waals surface area contributed by atoms with Crippen LogP contribution in [0, 0.1) is 11.7 Å². The number of nitrogens with one attached hydrogen (secondary N) is 1. The Hall–Kier alpha value is -1.46. The Morgan fingerprint density at radius 3 is 2.70 bits per heavy atom. The molecule has 5 heteroatoms. The molecule has 2 rings (SSSR count). The third-order valence-corrected chi connectivity index (χ3v) is 3.89. The molecule has 1 fully saturated rings. The highest BCUT2D eigenvalue weighted by atomic mass is 19.1. The van der Waals surface area contributed by atoms with Gasteiger partial charge in [0, 0.05) is 17.7 Å². The number of carbonyl (C=O) groups is 1. The number of carbonyl (C=O) groups excluding carboxylic acids is 1. The van der Waals surface area contributed by atoms with Crippen molar-refractivity contribution in [1.82, 2.24) is 5.32 Å². The smallest absolute Gasteiger partial charge is 0.248 e. The number of hydrogen-bond donors (Lipinski definition) is 3. The molecule has 0 heterocycles. The summed E-state index contributed by atoms with van der Waals surface area (Å²) in [6.45, 7) is 1.18. The van der Waals surface area contributed by atoms with E-state index in [4.69, 9.17) is 5.73 Å². The molecule has 4 N–H and O–H groups in total. The second-order valence-electron chi connectivity index (χ2n) is 5.48. The van der Waals surface area contributed by atoms with Crippen LogP contribution in [0.4, 0.5) is 4.39 Å². The lowest BCUT2D eigenvalue weighted by Gasteiger charge is -2.25. The molecule has 0 aromatic heterocycles. The molecule has 1 amide bonds. The van der Waals surface area contributed by atoms with Gasteiger partial charge >= 0.3 is 0 Å². The number of aliphatic hydroxyl groups excluding tert-OH is 1. The Labute approximate surface area is 118 Å². The van der Waals surface area contributed by atoms with Crippen LogP contribution >= 0.6 is 0 Å². The van der Waals surface area contributed by atoms with Crippen molar-refractivity contribution in [1.29, 1.82) is 0 Å². The fourth-order valence-corrected chi connectivity index (χ4v) is 2.62. The average molecular weight is 280 g/mol. The Morgan fingerprint density at radius 1 is 1.35 bits per heavy atom. The lowest BCUT2D eigenvalue weighted by atomic mass is 9.87. The average Bonchev–Trinajstić information content (AvgIpc) is 2.43. The summed E-state index contributed by atoms with van der Waals surface area (Å²) in [5.41, 5.74) is 5.96. The van der Waals surface area contributed by atoms with E-state index in [2.05, 4.69) is 5.32 Å². The van der Waals surface area contributed by atoms with Crippen molar-refractivity contribution in [2.24, 2.45) is 11.7 Å². The first-order chi connectivity index (χ1) is 9.56. The second kappa shape index (κ2) is 6.81. The molecular formula is C15H21FN2O2. The van der Waals surface area contributed by atoms with Gasteiger partial charge in [0.15, 0.2) is 0 Å². The third kappa shape index (κ3) is 4.02. The Balaban J connectivity index is 1.84. The van der Waals surface area contributed by atoms with Crippen LogP contribution in [0.5, 0.6) is 0 Å². The summed E-state index contributed by atoms with van der Waals surface area (Å²) in [7, 11) is 0. The Bertz CT molecular complexity index is 471. The monoisotopic (exact) mass is 280 g/mol. The van der Waals surface area contributed by atoms with E-state index in [-0.39, 0.29) is 11.9 Å². The molecule has 4 nitrogen and oxygen atoms in total. The first-order valence-electron chi connectivity index (χ1n) is 7.03. The van der Waals surface area contributed by atoms with E-state index in [0.29, 0.717) is 23.6 Å². The van der Waals surface area contributed by atoms with Gasteiger partial charge in [0.1, 0.15) is 5.82 Å². The molecule has 0 atom stereocenters.